The number of aliphatic hydroxyl groups excluding tert-OH is 2. The van der Waals surface area contributed by atoms with Gasteiger partial charge in [0.15, 0.2) is 0 Å². The van der Waals surface area contributed by atoms with Gasteiger partial charge in [0.1, 0.15) is 0 Å². The van der Waals surface area contributed by atoms with Crippen LogP contribution in [0.4, 0.5) is 0 Å². The van der Waals surface area contributed by atoms with Crippen LogP contribution in [0.25, 0.3) is 5.32 Å². The summed E-state index contributed by atoms with van der Waals surface area (Å²) in [5.74, 6) is -0.919. The molecule has 0 aromatic carbocycles. The van der Waals surface area contributed by atoms with Gasteiger partial charge in [-0.1, -0.05) is 0 Å². The fourth-order valence-corrected chi connectivity index (χ4v) is 2.51. The minimum atomic E-state index is -0.919. The zero-order valence-electron chi connectivity index (χ0n) is 18.2. The molecule has 1 aromatic heterocycles. The number of nitrogens with zero attached hydrogens (tertiary/aromatic N) is 4. The van der Waals surface area contributed by atoms with E-state index < -0.39 is 5.97 Å². The number of aromatic carboxylic acids is 1. The van der Waals surface area contributed by atoms with Crippen LogP contribution in [0, 0.1) is 0 Å². The van der Waals surface area contributed by atoms with Crippen LogP contribution >= 0.6 is 0 Å². The predicted molar refractivity (Wildman–Crippen MR) is 112 cm³/mol. The molecule has 8 nitrogen and oxygen atoms in total. The van der Waals surface area contributed by atoms with Crippen LogP contribution in [0.5, 0.6) is 0 Å². The first-order chi connectivity index (χ1) is 13.2. The second kappa shape index (κ2) is 17.9. The SMILES string of the molecule is CC(O)CC(C)O.C[N-]CCN(C)CC1CCN1C.O=C(O)c1ccncc1.[Ru+3]. The van der Waals surface area contributed by atoms with Crippen LogP contribution in [0.15, 0.2) is 24.5 Å². The average Bonchev–Trinajstić information content (AvgIpc) is 2.64. The quantitative estimate of drug-likeness (QED) is 0.466. The Bertz CT molecular complexity index is 514. The van der Waals surface area contributed by atoms with Crippen LogP contribution < -0.4 is 0 Å². The number of carboxylic acid groups (broad SMARTS) is 1. The van der Waals surface area contributed by atoms with Crippen molar-refractivity contribution in [3.8, 4) is 0 Å². The maximum Gasteiger partial charge on any atom is 3.00 e. The first-order valence-electron chi connectivity index (χ1n) is 9.61. The van der Waals surface area contributed by atoms with Gasteiger partial charge < -0.3 is 30.4 Å². The molecule has 0 saturated carbocycles. The summed E-state index contributed by atoms with van der Waals surface area (Å²) < 4.78 is 0. The maximum atomic E-state index is 10.2. The van der Waals surface area contributed by atoms with Gasteiger partial charge in [0.05, 0.1) is 17.8 Å². The molecular weight excluding hydrogens is 461 g/mol. The van der Waals surface area contributed by atoms with Gasteiger partial charge in [0, 0.05) is 25.0 Å². The monoisotopic (exact) mass is 499 g/mol. The fourth-order valence-electron chi connectivity index (χ4n) is 2.51. The number of aliphatic hydroxyl groups is 2. The number of hydrogen-bond donors (Lipinski definition) is 3. The van der Waals surface area contributed by atoms with Gasteiger partial charge in [0.2, 0.25) is 0 Å². The summed E-state index contributed by atoms with van der Waals surface area (Å²) in [4.78, 5) is 18.6. The van der Waals surface area contributed by atoms with Gasteiger partial charge in [-0.3, -0.25) is 4.98 Å². The third-order valence-electron chi connectivity index (χ3n) is 4.28. The van der Waals surface area contributed by atoms with Crippen molar-refractivity contribution in [1.82, 2.24) is 14.8 Å². The maximum absolute atomic E-state index is 10.2. The zero-order valence-corrected chi connectivity index (χ0v) is 19.9. The van der Waals surface area contributed by atoms with Crippen LogP contribution in [0.3, 0.4) is 0 Å². The van der Waals surface area contributed by atoms with Gasteiger partial charge in [0.25, 0.3) is 0 Å². The number of likely N-dealkylation sites (N-methyl/N-ethyl adjacent to an activating group) is 3. The number of pyridine rings is 1. The van der Waals surface area contributed by atoms with Crippen LogP contribution in [-0.2, 0) is 19.5 Å². The van der Waals surface area contributed by atoms with E-state index in [0.29, 0.717) is 6.42 Å². The fraction of sp³-hybridized carbons (Fsp3) is 0.700. The van der Waals surface area contributed by atoms with Crippen molar-refractivity contribution < 1.29 is 39.6 Å². The molecule has 9 heteroatoms. The predicted octanol–water partition coefficient (Wildman–Crippen LogP) is 1.54. The third-order valence-corrected chi connectivity index (χ3v) is 4.28. The summed E-state index contributed by atoms with van der Waals surface area (Å²) in [7, 11) is 6.26. The van der Waals surface area contributed by atoms with Gasteiger partial charge in [-0.15, -0.1) is 6.54 Å². The van der Waals surface area contributed by atoms with E-state index in [1.807, 2.05) is 7.05 Å². The van der Waals surface area contributed by atoms with E-state index in [-0.39, 0.29) is 37.2 Å². The molecule has 2 rings (SSSR count). The molecule has 0 aliphatic carbocycles. The Kier molecular flexibility index (Phi) is 18.6. The Hall–Kier alpha value is -0.957. The molecule has 1 aliphatic heterocycles. The molecule has 3 unspecified atom stereocenters. The summed E-state index contributed by atoms with van der Waals surface area (Å²) in [6.07, 6.45) is 3.98. The summed E-state index contributed by atoms with van der Waals surface area (Å²) in [6, 6.07) is 3.69. The Labute approximate surface area is 188 Å². The van der Waals surface area contributed by atoms with E-state index in [2.05, 4.69) is 34.2 Å². The molecule has 1 aliphatic rings. The molecule has 1 aromatic rings. The van der Waals surface area contributed by atoms with Gasteiger partial charge in [-0.25, -0.2) is 4.79 Å². The smallest absolute Gasteiger partial charge is 0.664 e. The molecule has 1 fully saturated rings. The summed E-state index contributed by atoms with van der Waals surface area (Å²) in [5, 5.41) is 29.6. The Morgan fingerprint density at radius 3 is 2.14 bits per heavy atom. The summed E-state index contributed by atoms with van der Waals surface area (Å²) >= 11 is 0. The first kappa shape index (κ1) is 30.2. The molecule has 167 valence electrons. The van der Waals surface area contributed by atoms with Gasteiger partial charge in [-0.2, -0.15) is 7.05 Å². The molecule has 3 atom stereocenters. The standard InChI is InChI=1S/C9H20N3.C6H5NO2.C5H12O2.Ru/c1-10-5-7-11(2)8-9-4-6-12(9)3;8-6(9)5-1-3-7-4-2-5;1-4(6)3-5(2)7;/h9H,4-8H2,1-3H3;1-4H,(H,8,9);4-7H,3H2,1-2H3;/q-1;;;+3. The molecule has 1 radical (unpaired) electrons. The largest absolute Gasteiger partial charge is 3.00 e. The molecule has 0 bridgehead atoms. The molecule has 2 heterocycles. The van der Waals surface area contributed by atoms with Crippen molar-refractivity contribution >= 4 is 5.97 Å². The van der Waals surface area contributed by atoms with E-state index >= 15 is 0 Å². The van der Waals surface area contributed by atoms with Gasteiger partial charge in [-0.05, 0) is 66.0 Å². The van der Waals surface area contributed by atoms with Gasteiger partial charge >= 0.3 is 25.4 Å². The number of likely N-dealkylation sites (tertiary alicyclic amines) is 1. The van der Waals surface area contributed by atoms with E-state index in [1.54, 1.807) is 13.8 Å². The number of carbonyl (C=O) groups is 1. The van der Waals surface area contributed by atoms with Crippen LogP contribution in [0.1, 0.15) is 37.0 Å². The number of carboxylic acids is 1. The number of rotatable bonds is 8. The Morgan fingerprint density at radius 2 is 1.86 bits per heavy atom. The van der Waals surface area contributed by atoms with E-state index in [4.69, 9.17) is 15.3 Å². The van der Waals surface area contributed by atoms with Crippen molar-refractivity contribution in [2.24, 2.45) is 0 Å². The van der Waals surface area contributed by atoms with Crippen molar-refractivity contribution in [3.63, 3.8) is 0 Å². The molecule has 0 amide bonds. The van der Waals surface area contributed by atoms with Crippen LogP contribution in [0.2, 0.25) is 0 Å². The molecule has 3 N–H and O–H groups in total. The van der Waals surface area contributed by atoms with E-state index in [9.17, 15) is 4.79 Å². The van der Waals surface area contributed by atoms with Crippen LogP contribution in [-0.4, -0.2) is 102 Å². The Morgan fingerprint density at radius 1 is 1.31 bits per heavy atom. The summed E-state index contributed by atoms with van der Waals surface area (Å²) in [6.45, 7) is 7.86. The number of aromatic nitrogens is 1. The third kappa shape index (κ3) is 16.5. The Balaban J connectivity index is 0. The van der Waals surface area contributed by atoms with Crippen molar-refractivity contribution in [1.29, 1.82) is 0 Å². The number of hydrogen-bond acceptors (Lipinski definition) is 6. The molecule has 0 spiro atoms. The minimum Gasteiger partial charge on any atom is -0.664 e. The second-order valence-electron chi connectivity index (χ2n) is 7.20. The zero-order chi connectivity index (χ0) is 21.5. The first-order valence-corrected chi connectivity index (χ1v) is 9.61. The van der Waals surface area contributed by atoms with E-state index in [0.717, 1.165) is 19.1 Å². The topological polar surface area (TPSA) is 111 Å². The second-order valence-corrected chi connectivity index (χ2v) is 7.20. The normalized spacial score (nSPS) is 17.4. The molecular formula is C20H37N4O4Ru+2. The molecule has 29 heavy (non-hydrogen) atoms. The molecule has 1 saturated heterocycles. The minimum absolute atomic E-state index is 0. The summed E-state index contributed by atoms with van der Waals surface area (Å²) in [5.41, 5.74) is 0.269. The van der Waals surface area contributed by atoms with Crippen molar-refractivity contribution in [2.75, 3.05) is 47.3 Å². The van der Waals surface area contributed by atoms with Crippen molar-refractivity contribution in [2.45, 2.75) is 44.9 Å². The van der Waals surface area contributed by atoms with E-state index in [1.165, 1.54) is 44.0 Å². The average molecular weight is 499 g/mol. The van der Waals surface area contributed by atoms with Crippen molar-refractivity contribution in [3.05, 3.63) is 35.4 Å².